The molecule has 1 atom stereocenters. The Balaban J connectivity index is 1.63. The number of thioether (sulfide) groups is 1. The number of carbonyl (C=O) groups is 1. The number of nitrogens with one attached hydrogen (secondary N) is 1. The first-order valence-electron chi connectivity index (χ1n) is 8.37. The fourth-order valence-electron chi connectivity index (χ4n) is 3.07. The average molecular weight is 339 g/mol. The maximum Gasteiger partial charge on any atom is 0.233 e. The molecule has 2 fully saturated rings. The second-order valence-electron chi connectivity index (χ2n) is 6.05. The van der Waals surface area contributed by atoms with Crippen LogP contribution in [0.4, 0.5) is 0 Å². The maximum atomic E-state index is 12.2. The lowest BCUT2D eigenvalue weighted by Gasteiger charge is -2.16. The Labute approximate surface area is 141 Å². The summed E-state index contributed by atoms with van der Waals surface area (Å²) < 4.78 is 7.85. The fourth-order valence-corrected chi connectivity index (χ4v) is 3.94. The molecule has 0 bridgehead atoms. The Hall–Kier alpha value is -1.12. The Morgan fingerprint density at radius 2 is 2.17 bits per heavy atom. The van der Waals surface area contributed by atoms with Crippen molar-refractivity contribution in [1.29, 1.82) is 0 Å². The molecular formula is C15H25N5O2S. The fraction of sp³-hybridized carbons (Fsp3) is 0.800. The molecule has 0 saturated carbocycles. The van der Waals surface area contributed by atoms with Crippen LogP contribution in [0.2, 0.25) is 0 Å². The molecule has 0 radical (unpaired) electrons. The normalized spacial score (nSPS) is 21.3. The Morgan fingerprint density at radius 3 is 2.87 bits per heavy atom. The minimum absolute atomic E-state index is 0.203. The van der Waals surface area contributed by atoms with Gasteiger partial charge in [0.2, 0.25) is 5.91 Å². The molecule has 2 aliphatic heterocycles. The van der Waals surface area contributed by atoms with Crippen LogP contribution in [0.15, 0.2) is 5.16 Å². The van der Waals surface area contributed by atoms with E-state index in [1.54, 1.807) is 0 Å². The van der Waals surface area contributed by atoms with Crippen LogP contribution in [0.3, 0.4) is 0 Å². The van der Waals surface area contributed by atoms with Gasteiger partial charge in [-0.3, -0.25) is 4.79 Å². The molecule has 0 unspecified atom stereocenters. The van der Waals surface area contributed by atoms with Gasteiger partial charge in [-0.1, -0.05) is 11.8 Å². The molecule has 8 heteroatoms. The van der Waals surface area contributed by atoms with Crippen LogP contribution in [-0.2, 0) is 22.6 Å². The van der Waals surface area contributed by atoms with Crippen LogP contribution in [0.5, 0.6) is 0 Å². The van der Waals surface area contributed by atoms with E-state index >= 15 is 0 Å². The molecule has 3 rings (SSSR count). The van der Waals surface area contributed by atoms with Gasteiger partial charge in [-0.2, -0.15) is 0 Å². The van der Waals surface area contributed by atoms with E-state index in [1.807, 2.05) is 11.9 Å². The van der Waals surface area contributed by atoms with E-state index in [9.17, 15) is 4.79 Å². The van der Waals surface area contributed by atoms with Crippen molar-refractivity contribution in [2.45, 2.75) is 50.0 Å². The summed E-state index contributed by atoms with van der Waals surface area (Å²) in [4.78, 5) is 14.2. The molecule has 2 saturated heterocycles. The predicted molar refractivity (Wildman–Crippen MR) is 88.3 cm³/mol. The third-order valence-electron chi connectivity index (χ3n) is 4.32. The molecule has 0 aromatic carbocycles. The quantitative estimate of drug-likeness (QED) is 0.744. The van der Waals surface area contributed by atoms with Crippen molar-refractivity contribution in [3.05, 3.63) is 5.82 Å². The number of rotatable bonds is 7. The van der Waals surface area contributed by atoms with Crippen LogP contribution in [0.1, 0.15) is 31.5 Å². The molecule has 128 valence electrons. The minimum atomic E-state index is 0.203. The molecule has 1 aromatic rings. The molecule has 1 amide bonds. The summed E-state index contributed by atoms with van der Waals surface area (Å²) in [6.07, 6.45) is 4.67. The van der Waals surface area contributed by atoms with Gasteiger partial charge in [0.25, 0.3) is 0 Å². The van der Waals surface area contributed by atoms with Gasteiger partial charge in [0.05, 0.1) is 24.9 Å². The summed E-state index contributed by atoms with van der Waals surface area (Å²) in [6.45, 7) is 4.06. The number of likely N-dealkylation sites (tertiary alicyclic amines) is 1. The molecular weight excluding hydrogens is 314 g/mol. The zero-order valence-corrected chi connectivity index (χ0v) is 14.5. The molecule has 1 N–H and O–H groups in total. The Bertz CT molecular complexity index is 524. The summed E-state index contributed by atoms with van der Waals surface area (Å²) in [5.41, 5.74) is 0. The highest BCUT2D eigenvalue weighted by molar-refractivity contribution is 7.99. The molecule has 2 aliphatic rings. The highest BCUT2D eigenvalue weighted by atomic mass is 32.2. The van der Waals surface area contributed by atoms with Gasteiger partial charge in [0.1, 0.15) is 5.82 Å². The highest BCUT2D eigenvalue weighted by Crippen LogP contribution is 2.22. The first kappa shape index (κ1) is 16.7. The van der Waals surface area contributed by atoms with E-state index in [0.29, 0.717) is 12.3 Å². The lowest BCUT2D eigenvalue weighted by atomic mass is 10.2. The summed E-state index contributed by atoms with van der Waals surface area (Å²) in [5, 5.41) is 12.5. The lowest BCUT2D eigenvalue weighted by molar-refractivity contribution is -0.127. The summed E-state index contributed by atoms with van der Waals surface area (Å²) >= 11 is 1.49. The van der Waals surface area contributed by atoms with Crippen molar-refractivity contribution in [3.8, 4) is 0 Å². The number of nitrogens with zero attached hydrogens (tertiary/aromatic N) is 4. The van der Waals surface area contributed by atoms with Gasteiger partial charge < -0.3 is 19.5 Å². The summed E-state index contributed by atoms with van der Waals surface area (Å²) in [7, 11) is 1.90. The first-order valence-corrected chi connectivity index (χ1v) is 9.35. The summed E-state index contributed by atoms with van der Waals surface area (Å²) in [6, 6.07) is 0. The third kappa shape index (κ3) is 4.24. The largest absolute Gasteiger partial charge is 0.376 e. The van der Waals surface area contributed by atoms with Gasteiger partial charge in [-0.05, 0) is 32.7 Å². The number of carbonyl (C=O) groups excluding carboxylic acids is 1. The van der Waals surface area contributed by atoms with Crippen molar-refractivity contribution >= 4 is 17.7 Å². The van der Waals surface area contributed by atoms with Crippen molar-refractivity contribution in [3.63, 3.8) is 0 Å². The van der Waals surface area contributed by atoms with Crippen LogP contribution in [-0.4, -0.2) is 64.2 Å². The highest BCUT2D eigenvalue weighted by Gasteiger charge is 2.23. The van der Waals surface area contributed by atoms with Crippen LogP contribution in [0, 0.1) is 0 Å². The second-order valence-corrected chi connectivity index (χ2v) is 6.99. The SMILES string of the molecule is CNCc1nnc(SCC(=O)N2CCCC2)n1C[C@H]1CCCO1. The Kier molecular flexibility index (Phi) is 5.91. The standard InChI is InChI=1S/C15H25N5O2S/c1-16-9-13-17-18-15(20(13)10-12-5-4-8-22-12)23-11-14(21)19-6-2-3-7-19/h12,16H,2-11H2,1H3/t12-/m1/s1. The average Bonchev–Trinajstić information content (AvgIpc) is 3.29. The lowest BCUT2D eigenvalue weighted by Crippen LogP contribution is -2.29. The maximum absolute atomic E-state index is 12.2. The van der Waals surface area contributed by atoms with Crippen LogP contribution in [0.25, 0.3) is 0 Å². The number of amides is 1. The molecule has 7 nitrogen and oxygen atoms in total. The molecule has 1 aromatic heterocycles. The van der Waals surface area contributed by atoms with Crippen molar-refractivity contribution in [1.82, 2.24) is 25.0 Å². The first-order chi connectivity index (χ1) is 11.3. The van der Waals surface area contributed by atoms with Gasteiger partial charge >= 0.3 is 0 Å². The van der Waals surface area contributed by atoms with Crippen molar-refractivity contribution < 1.29 is 9.53 Å². The van der Waals surface area contributed by atoms with E-state index in [0.717, 1.165) is 62.9 Å². The number of ether oxygens (including phenoxy) is 1. The van der Waals surface area contributed by atoms with Gasteiger partial charge in [-0.15, -0.1) is 10.2 Å². The third-order valence-corrected chi connectivity index (χ3v) is 5.27. The van der Waals surface area contributed by atoms with Crippen molar-refractivity contribution in [2.75, 3.05) is 32.5 Å². The minimum Gasteiger partial charge on any atom is -0.376 e. The molecule has 23 heavy (non-hydrogen) atoms. The van der Waals surface area contributed by atoms with Crippen molar-refractivity contribution in [2.24, 2.45) is 0 Å². The zero-order valence-electron chi connectivity index (χ0n) is 13.7. The van der Waals surface area contributed by atoms with E-state index in [1.165, 1.54) is 11.8 Å². The van der Waals surface area contributed by atoms with Gasteiger partial charge in [-0.25, -0.2) is 0 Å². The molecule has 0 aliphatic carbocycles. The molecule has 0 spiro atoms. The number of aromatic nitrogens is 3. The van der Waals surface area contributed by atoms with Gasteiger partial charge in [0.15, 0.2) is 5.16 Å². The number of hydrogen-bond donors (Lipinski definition) is 1. The monoisotopic (exact) mass is 339 g/mol. The Morgan fingerprint density at radius 1 is 1.35 bits per heavy atom. The molecule has 3 heterocycles. The second kappa shape index (κ2) is 8.12. The number of hydrogen-bond acceptors (Lipinski definition) is 6. The van der Waals surface area contributed by atoms with E-state index in [2.05, 4.69) is 20.1 Å². The van der Waals surface area contributed by atoms with Crippen LogP contribution >= 0.6 is 11.8 Å². The summed E-state index contributed by atoms with van der Waals surface area (Å²) in [5.74, 6) is 1.54. The zero-order chi connectivity index (χ0) is 16.1. The van der Waals surface area contributed by atoms with Crippen LogP contribution < -0.4 is 5.32 Å². The topological polar surface area (TPSA) is 72.3 Å². The van der Waals surface area contributed by atoms with E-state index in [-0.39, 0.29) is 12.0 Å². The smallest absolute Gasteiger partial charge is 0.233 e. The van der Waals surface area contributed by atoms with E-state index < -0.39 is 0 Å². The van der Waals surface area contributed by atoms with E-state index in [4.69, 9.17) is 4.74 Å². The van der Waals surface area contributed by atoms with Gasteiger partial charge in [0, 0.05) is 19.7 Å². The predicted octanol–water partition coefficient (Wildman–Crippen LogP) is 0.891.